The summed E-state index contributed by atoms with van der Waals surface area (Å²) in [7, 11) is 0. The topological polar surface area (TPSA) is 51.8 Å². The van der Waals surface area contributed by atoms with Crippen LogP contribution >= 0.6 is 0 Å². The summed E-state index contributed by atoms with van der Waals surface area (Å²) in [6.07, 6.45) is 5.79. The highest BCUT2D eigenvalue weighted by atomic mass is 16.3. The Hall–Kier alpha value is -1.71. The third-order valence-electron chi connectivity index (χ3n) is 1.75. The van der Waals surface area contributed by atoms with Gasteiger partial charge in [0.15, 0.2) is 0 Å². The summed E-state index contributed by atoms with van der Waals surface area (Å²) in [5, 5.41) is 7.42. The minimum absolute atomic E-state index is 0.603. The molecule has 0 aliphatic rings. The van der Waals surface area contributed by atoms with Crippen molar-refractivity contribution < 1.29 is 4.42 Å². The molecular weight excluding hydrogens is 166 g/mol. The summed E-state index contributed by atoms with van der Waals surface area (Å²) in [6, 6.07) is 1.82. The van der Waals surface area contributed by atoms with E-state index in [1.165, 1.54) is 0 Å². The number of aryl methyl sites for hydroxylation is 1. The summed E-state index contributed by atoms with van der Waals surface area (Å²) in [5.74, 6) is 0.603. The van der Waals surface area contributed by atoms with Crippen LogP contribution in [0, 0.1) is 0 Å². The maximum absolute atomic E-state index is 5.26. The molecule has 0 N–H and O–H groups in total. The van der Waals surface area contributed by atoms with Crippen LogP contribution in [-0.4, -0.2) is 15.2 Å². The van der Waals surface area contributed by atoms with Gasteiger partial charge in [0.1, 0.15) is 6.26 Å². The first-order valence-electron chi connectivity index (χ1n) is 4.11. The fourth-order valence-corrected chi connectivity index (χ4v) is 1.02. The van der Waals surface area contributed by atoms with Crippen LogP contribution < -0.4 is 0 Å². The Labute approximate surface area is 75.6 Å². The molecular formula is C9H9N3O. The van der Waals surface area contributed by atoms with Crippen molar-refractivity contribution in [3.63, 3.8) is 0 Å². The molecule has 0 radical (unpaired) electrons. The van der Waals surface area contributed by atoms with Gasteiger partial charge in [0, 0.05) is 0 Å². The smallest absolute Gasteiger partial charge is 0.227 e. The highest BCUT2D eigenvalue weighted by molar-refractivity contribution is 5.50. The van der Waals surface area contributed by atoms with E-state index in [0.717, 1.165) is 17.7 Å². The van der Waals surface area contributed by atoms with Crippen LogP contribution in [0.4, 0.5) is 0 Å². The van der Waals surface area contributed by atoms with E-state index in [0.29, 0.717) is 5.89 Å². The van der Waals surface area contributed by atoms with E-state index in [1.54, 1.807) is 18.7 Å². The maximum atomic E-state index is 5.26. The zero-order valence-corrected chi connectivity index (χ0v) is 7.27. The van der Waals surface area contributed by atoms with E-state index in [9.17, 15) is 0 Å². The van der Waals surface area contributed by atoms with Gasteiger partial charge in [-0.25, -0.2) is 4.98 Å². The lowest BCUT2D eigenvalue weighted by Gasteiger charge is -1.90. The molecule has 0 fully saturated rings. The highest BCUT2D eigenvalue weighted by Crippen LogP contribution is 2.16. The molecule has 0 spiro atoms. The van der Waals surface area contributed by atoms with Crippen molar-refractivity contribution in [2.24, 2.45) is 0 Å². The number of aromatic nitrogens is 3. The predicted molar refractivity (Wildman–Crippen MR) is 46.9 cm³/mol. The highest BCUT2D eigenvalue weighted by Gasteiger charge is 2.04. The fourth-order valence-electron chi connectivity index (χ4n) is 1.02. The van der Waals surface area contributed by atoms with Crippen molar-refractivity contribution in [1.82, 2.24) is 15.2 Å². The number of hydrogen-bond acceptors (Lipinski definition) is 4. The second-order valence-electron chi connectivity index (χ2n) is 2.63. The van der Waals surface area contributed by atoms with E-state index in [-0.39, 0.29) is 0 Å². The van der Waals surface area contributed by atoms with Crippen LogP contribution in [0.1, 0.15) is 12.6 Å². The van der Waals surface area contributed by atoms with Gasteiger partial charge >= 0.3 is 0 Å². The summed E-state index contributed by atoms with van der Waals surface area (Å²) >= 11 is 0. The van der Waals surface area contributed by atoms with Gasteiger partial charge < -0.3 is 4.42 Å². The summed E-state index contributed by atoms with van der Waals surface area (Å²) in [5.41, 5.74) is 1.81. The van der Waals surface area contributed by atoms with Crippen LogP contribution in [0.5, 0.6) is 0 Å². The summed E-state index contributed by atoms with van der Waals surface area (Å²) in [6.45, 7) is 2.03. The van der Waals surface area contributed by atoms with E-state index >= 15 is 0 Å². The average Bonchev–Trinajstić information content (AvgIpc) is 2.67. The average molecular weight is 175 g/mol. The van der Waals surface area contributed by atoms with Crippen LogP contribution in [0.15, 0.2) is 29.1 Å². The lowest BCUT2D eigenvalue weighted by Crippen LogP contribution is -1.83. The quantitative estimate of drug-likeness (QED) is 0.697. The number of nitrogens with zero attached hydrogens (tertiary/aromatic N) is 3. The van der Waals surface area contributed by atoms with Gasteiger partial charge in [-0.3, -0.25) is 0 Å². The Morgan fingerprint density at radius 3 is 2.92 bits per heavy atom. The third-order valence-corrected chi connectivity index (χ3v) is 1.75. The second-order valence-corrected chi connectivity index (χ2v) is 2.63. The standard InChI is InChI=1S/C9H9N3O/c1-2-8-6-13-9(12-8)7-3-4-10-11-5-7/h3-6H,2H2,1H3. The number of oxazole rings is 1. The molecule has 66 valence electrons. The molecule has 0 bridgehead atoms. The summed E-state index contributed by atoms with van der Waals surface area (Å²) in [4.78, 5) is 4.26. The van der Waals surface area contributed by atoms with E-state index in [2.05, 4.69) is 15.2 Å². The lowest BCUT2D eigenvalue weighted by atomic mass is 10.3. The second kappa shape index (κ2) is 3.35. The molecule has 0 saturated carbocycles. The normalized spacial score (nSPS) is 10.2. The molecule has 0 aliphatic heterocycles. The molecule has 0 saturated heterocycles. The minimum Gasteiger partial charge on any atom is -0.444 e. The maximum Gasteiger partial charge on any atom is 0.227 e. The molecule has 4 heteroatoms. The number of hydrogen-bond donors (Lipinski definition) is 0. The molecule has 4 nitrogen and oxygen atoms in total. The van der Waals surface area contributed by atoms with Crippen molar-refractivity contribution in [2.75, 3.05) is 0 Å². The summed E-state index contributed by atoms with van der Waals surface area (Å²) < 4.78 is 5.26. The van der Waals surface area contributed by atoms with E-state index in [4.69, 9.17) is 4.42 Å². The van der Waals surface area contributed by atoms with Gasteiger partial charge in [-0.15, -0.1) is 0 Å². The van der Waals surface area contributed by atoms with Crippen molar-refractivity contribution in [3.05, 3.63) is 30.4 Å². The Bertz CT molecular complexity index is 383. The predicted octanol–water partition coefficient (Wildman–Crippen LogP) is 1.69. The molecule has 2 aromatic rings. The Morgan fingerprint density at radius 2 is 2.31 bits per heavy atom. The van der Waals surface area contributed by atoms with Crippen molar-refractivity contribution >= 4 is 0 Å². The molecule has 0 aliphatic carbocycles. The van der Waals surface area contributed by atoms with Crippen LogP contribution in [0.3, 0.4) is 0 Å². The zero-order valence-electron chi connectivity index (χ0n) is 7.27. The Morgan fingerprint density at radius 1 is 1.38 bits per heavy atom. The first-order valence-corrected chi connectivity index (χ1v) is 4.11. The molecule has 0 unspecified atom stereocenters. The molecule has 2 aromatic heterocycles. The van der Waals surface area contributed by atoms with Crippen LogP contribution in [0.2, 0.25) is 0 Å². The van der Waals surface area contributed by atoms with Gasteiger partial charge in [-0.2, -0.15) is 10.2 Å². The van der Waals surface area contributed by atoms with Gasteiger partial charge in [-0.1, -0.05) is 6.92 Å². The molecule has 0 amide bonds. The van der Waals surface area contributed by atoms with Crippen LogP contribution in [-0.2, 0) is 6.42 Å². The van der Waals surface area contributed by atoms with Gasteiger partial charge in [-0.05, 0) is 12.5 Å². The minimum atomic E-state index is 0.603. The zero-order chi connectivity index (χ0) is 9.10. The molecule has 0 aromatic carbocycles. The Balaban J connectivity index is 2.36. The van der Waals surface area contributed by atoms with Gasteiger partial charge in [0.05, 0.1) is 23.7 Å². The van der Waals surface area contributed by atoms with Crippen LogP contribution in [0.25, 0.3) is 11.5 Å². The SMILES string of the molecule is CCc1coc(-c2ccnnc2)n1. The van der Waals surface area contributed by atoms with Crippen molar-refractivity contribution in [1.29, 1.82) is 0 Å². The van der Waals surface area contributed by atoms with E-state index < -0.39 is 0 Å². The molecule has 0 atom stereocenters. The lowest BCUT2D eigenvalue weighted by molar-refractivity contribution is 0.572. The fraction of sp³-hybridized carbons (Fsp3) is 0.222. The number of rotatable bonds is 2. The first kappa shape index (κ1) is 7.91. The molecule has 2 rings (SSSR count). The van der Waals surface area contributed by atoms with Gasteiger partial charge in [0.2, 0.25) is 5.89 Å². The monoisotopic (exact) mass is 175 g/mol. The molecule has 2 heterocycles. The molecule has 13 heavy (non-hydrogen) atoms. The van der Waals surface area contributed by atoms with E-state index in [1.807, 2.05) is 13.0 Å². The third kappa shape index (κ3) is 1.56. The first-order chi connectivity index (χ1) is 6.40. The Kier molecular flexibility index (Phi) is 2.04. The van der Waals surface area contributed by atoms with Gasteiger partial charge in [0.25, 0.3) is 0 Å². The largest absolute Gasteiger partial charge is 0.444 e. The van der Waals surface area contributed by atoms with Crippen molar-refractivity contribution in [2.45, 2.75) is 13.3 Å². The van der Waals surface area contributed by atoms with Crippen molar-refractivity contribution in [3.8, 4) is 11.5 Å².